The molecule has 0 saturated heterocycles. The first kappa shape index (κ1) is 13.3. The second-order valence-electron chi connectivity index (χ2n) is 2.94. The smallest absolute Gasteiger partial charge is 0.236 e. The van der Waals surface area contributed by atoms with Gasteiger partial charge in [-0.1, -0.05) is 19.3 Å². The summed E-state index contributed by atoms with van der Waals surface area (Å²) in [5.74, 6) is 4.00. The summed E-state index contributed by atoms with van der Waals surface area (Å²) < 4.78 is 0. The maximum Gasteiger partial charge on any atom is 0.236 e. The van der Waals surface area contributed by atoms with Gasteiger partial charge >= 0.3 is 0 Å². The van der Waals surface area contributed by atoms with Crippen LogP contribution in [0.2, 0.25) is 0 Å². The fourth-order valence-corrected chi connectivity index (χ4v) is 1.46. The number of terminal acetylenes is 1. The largest absolute Gasteiger partial charge is 0.354 e. The summed E-state index contributed by atoms with van der Waals surface area (Å²) in [6.07, 6.45) is 6.75. The van der Waals surface area contributed by atoms with E-state index in [1.54, 1.807) is 11.8 Å². The number of carbonyl (C=O) groups excluding carboxylic acids is 1. The van der Waals surface area contributed by atoms with Gasteiger partial charge in [-0.3, -0.25) is 4.79 Å². The van der Waals surface area contributed by atoms with Crippen LogP contribution >= 0.6 is 11.8 Å². The van der Waals surface area contributed by atoms with Crippen molar-refractivity contribution >= 4 is 17.7 Å². The van der Waals surface area contributed by atoms with Gasteiger partial charge in [0.1, 0.15) is 0 Å². The van der Waals surface area contributed by atoms with Gasteiger partial charge in [0, 0.05) is 12.3 Å². The van der Waals surface area contributed by atoms with Crippen LogP contribution in [0.1, 0.15) is 19.8 Å². The Morgan fingerprint density at radius 3 is 3.00 bits per heavy atom. The molecule has 0 heterocycles. The van der Waals surface area contributed by atoms with Crippen molar-refractivity contribution in [3.63, 3.8) is 0 Å². The van der Waals surface area contributed by atoms with Crippen LogP contribution in [0.3, 0.4) is 0 Å². The highest BCUT2D eigenvalue weighted by molar-refractivity contribution is 7.99. The van der Waals surface area contributed by atoms with Crippen molar-refractivity contribution in [1.29, 1.82) is 0 Å². The summed E-state index contributed by atoms with van der Waals surface area (Å²) >= 11 is 1.63. The summed E-state index contributed by atoms with van der Waals surface area (Å²) in [5.41, 5.74) is 5.62. The molecular formula is C10H18N2OS. The van der Waals surface area contributed by atoms with Crippen LogP contribution in [0.5, 0.6) is 0 Å². The van der Waals surface area contributed by atoms with Gasteiger partial charge < -0.3 is 11.1 Å². The minimum absolute atomic E-state index is 0.0619. The summed E-state index contributed by atoms with van der Waals surface area (Å²) in [6.45, 7) is 2.65. The molecule has 0 aromatic carbocycles. The highest BCUT2D eigenvalue weighted by Gasteiger charge is 2.10. The van der Waals surface area contributed by atoms with Crippen molar-refractivity contribution < 1.29 is 4.79 Å². The lowest BCUT2D eigenvalue weighted by Crippen LogP contribution is -2.41. The van der Waals surface area contributed by atoms with E-state index in [1.165, 1.54) is 0 Å². The van der Waals surface area contributed by atoms with Crippen LogP contribution in [0, 0.1) is 12.3 Å². The van der Waals surface area contributed by atoms with Crippen molar-refractivity contribution in [2.45, 2.75) is 25.8 Å². The van der Waals surface area contributed by atoms with Crippen molar-refractivity contribution in [2.24, 2.45) is 5.73 Å². The third-order valence-electron chi connectivity index (χ3n) is 1.67. The number of carbonyl (C=O) groups is 1. The fourth-order valence-electron chi connectivity index (χ4n) is 0.951. The normalized spacial score (nSPS) is 11.8. The van der Waals surface area contributed by atoms with Gasteiger partial charge in [-0.2, -0.15) is 0 Å². The molecule has 3 nitrogen and oxygen atoms in total. The molecule has 1 unspecified atom stereocenters. The molecule has 0 saturated carbocycles. The number of amides is 1. The summed E-state index contributed by atoms with van der Waals surface area (Å²) in [7, 11) is 0. The molecule has 0 aromatic rings. The summed E-state index contributed by atoms with van der Waals surface area (Å²) in [4.78, 5) is 11.3. The molecular weight excluding hydrogens is 196 g/mol. The zero-order valence-electron chi connectivity index (χ0n) is 8.58. The maximum absolute atomic E-state index is 11.3. The van der Waals surface area contributed by atoms with E-state index < -0.39 is 0 Å². The molecule has 0 rings (SSSR count). The number of nitrogens with one attached hydrogen (secondary N) is 1. The summed E-state index contributed by atoms with van der Waals surface area (Å²) in [5, 5.41) is 2.77. The zero-order valence-corrected chi connectivity index (χ0v) is 9.40. The van der Waals surface area contributed by atoms with Gasteiger partial charge in [-0.25, -0.2) is 0 Å². The molecule has 0 bridgehead atoms. The Bertz CT molecular complexity index is 201. The molecule has 80 valence electrons. The van der Waals surface area contributed by atoms with Crippen molar-refractivity contribution in [3.05, 3.63) is 0 Å². The van der Waals surface area contributed by atoms with Crippen LogP contribution in [-0.2, 0) is 4.79 Å². The molecule has 0 aliphatic heterocycles. The summed E-state index contributed by atoms with van der Waals surface area (Å²) in [6, 6.07) is -0.363. The number of nitrogens with two attached hydrogens (primary N) is 1. The Kier molecular flexibility index (Phi) is 8.50. The molecule has 0 fully saturated rings. The van der Waals surface area contributed by atoms with Crippen molar-refractivity contribution in [2.75, 3.05) is 18.1 Å². The van der Waals surface area contributed by atoms with Crippen LogP contribution in [0.15, 0.2) is 0 Å². The molecule has 14 heavy (non-hydrogen) atoms. The van der Waals surface area contributed by atoms with Crippen LogP contribution in [0.25, 0.3) is 0 Å². The first-order valence-corrected chi connectivity index (χ1v) is 5.92. The van der Waals surface area contributed by atoms with Gasteiger partial charge in [0.25, 0.3) is 0 Å². The minimum atomic E-state index is -0.363. The van der Waals surface area contributed by atoms with E-state index in [1.807, 2.05) is 6.92 Å². The molecule has 0 aromatic heterocycles. The number of rotatable bonds is 7. The Hall–Kier alpha value is -0.660. The molecule has 0 aliphatic rings. The molecule has 4 heteroatoms. The SMILES string of the molecule is C#CCSCCNC(=O)C(N)CCC. The van der Waals surface area contributed by atoms with Crippen LogP contribution < -0.4 is 11.1 Å². The molecule has 3 N–H and O–H groups in total. The Labute approximate surface area is 90.2 Å². The molecule has 1 amide bonds. The fraction of sp³-hybridized carbons (Fsp3) is 0.700. The first-order valence-electron chi connectivity index (χ1n) is 4.76. The maximum atomic E-state index is 11.3. The molecule has 1 atom stereocenters. The number of hydrogen-bond acceptors (Lipinski definition) is 3. The lowest BCUT2D eigenvalue weighted by Gasteiger charge is -2.10. The van der Waals surface area contributed by atoms with Gasteiger partial charge in [0.2, 0.25) is 5.91 Å². The lowest BCUT2D eigenvalue weighted by atomic mass is 10.2. The van der Waals surface area contributed by atoms with E-state index in [4.69, 9.17) is 12.2 Å². The minimum Gasteiger partial charge on any atom is -0.354 e. The van der Waals surface area contributed by atoms with Crippen LogP contribution in [-0.4, -0.2) is 30.0 Å². The Morgan fingerprint density at radius 2 is 2.43 bits per heavy atom. The predicted octanol–water partition coefficient (Wildman–Crippen LogP) is 0.596. The van der Waals surface area contributed by atoms with E-state index in [2.05, 4.69) is 11.2 Å². The molecule has 0 spiro atoms. The Morgan fingerprint density at radius 1 is 1.71 bits per heavy atom. The highest BCUT2D eigenvalue weighted by Crippen LogP contribution is 1.96. The van der Waals surface area contributed by atoms with Gasteiger partial charge in [-0.05, 0) is 6.42 Å². The van der Waals surface area contributed by atoms with Gasteiger partial charge in [0.15, 0.2) is 0 Å². The van der Waals surface area contributed by atoms with Crippen LogP contribution in [0.4, 0.5) is 0 Å². The standard InChI is InChI=1S/C10H18N2OS/c1-3-5-9(11)10(13)12-6-8-14-7-4-2/h2,9H,3,5-8,11H2,1H3,(H,12,13). The average molecular weight is 214 g/mol. The monoisotopic (exact) mass is 214 g/mol. The highest BCUT2D eigenvalue weighted by atomic mass is 32.2. The predicted molar refractivity (Wildman–Crippen MR) is 62.1 cm³/mol. The van der Waals surface area contributed by atoms with E-state index in [0.29, 0.717) is 12.3 Å². The first-order chi connectivity index (χ1) is 6.72. The second-order valence-corrected chi connectivity index (χ2v) is 4.05. The third-order valence-corrected chi connectivity index (χ3v) is 2.53. The van der Waals surface area contributed by atoms with E-state index in [-0.39, 0.29) is 11.9 Å². The second kappa shape index (κ2) is 8.92. The quantitative estimate of drug-likeness (QED) is 0.482. The number of thioether (sulfide) groups is 1. The van der Waals surface area contributed by atoms with Gasteiger partial charge in [0.05, 0.1) is 11.8 Å². The molecule has 0 aliphatic carbocycles. The average Bonchev–Trinajstić information content (AvgIpc) is 2.17. The molecule has 0 radical (unpaired) electrons. The van der Waals surface area contributed by atoms with E-state index >= 15 is 0 Å². The van der Waals surface area contributed by atoms with E-state index in [0.717, 1.165) is 18.6 Å². The number of hydrogen-bond donors (Lipinski definition) is 2. The Balaban J connectivity index is 3.40. The van der Waals surface area contributed by atoms with E-state index in [9.17, 15) is 4.79 Å². The topological polar surface area (TPSA) is 55.1 Å². The van der Waals surface area contributed by atoms with Gasteiger partial charge in [-0.15, -0.1) is 18.2 Å². The zero-order chi connectivity index (χ0) is 10.8. The van der Waals surface area contributed by atoms with Crippen molar-refractivity contribution in [3.8, 4) is 12.3 Å². The third kappa shape index (κ3) is 6.81. The van der Waals surface area contributed by atoms with Crippen molar-refractivity contribution in [1.82, 2.24) is 5.32 Å². The lowest BCUT2D eigenvalue weighted by molar-refractivity contribution is -0.122.